The van der Waals surface area contributed by atoms with Crippen molar-refractivity contribution in [2.24, 2.45) is 0 Å². The molecule has 1 N–H and O–H groups in total. The first-order chi connectivity index (χ1) is 8.16. The van der Waals surface area contributed by atoms with Gasteiger partial charge in [0.2, 0.25) is 0 Å². The van der Waals surface area contributed by atoms with Crippen LogP contribution in [0.4, 0.5) is 0 Å². The fourth-order valence-corrected chi connectivity index (χ4v) is 1.83. The lowest BCUT2D eigenvalue weighted by Crippen LogP contribution is -1.91. The molecule has 0 aromatic heterocycles. The van der Waals surface area contributed by atoms with E-state index in [2.05, 4.69) is 15.9 Å². The molecular formula is C14H13BrO2. The van der Waals surface area contributed by atoms with E-state index in [9.17, 15) is 5.11 Å². The second-order valence-corrected chi connectivity index (χ2v) is 4.63. The first kappa shape index (κ1) is 12.1. The molecule has 88 valence electrons. The minimum Gasteiger partial charge on any atom is -0.456 e. The van der Waals surface area contributed by atoms with Crippen LogP contribution in [0.5, 0.6) is 11.5 Å². The molecule has 0 aliphatic carbocycles. The molecule has 2 aromatic carbocycles. The quantitative estimate of drug-likeness (QED) is 0.914. The third-order valence-corrected chi connectivity index (χ3v) is 3.08. The standard InChI is InChI=1S/C14H13BrO2/c1-10(16)11-6-8-12(9-7-11)17-14-5-3-2-4-13(14)15/h2-10,16H,1H3. The third kappa shape index (κ3) is 3.08. The first-order valence-corrected chi connectivity index (χ1v) is 6.16. The van der Waals surface area contributed by atoms with Crippen LogP contribution < -0.4 is 4.74 Å². The van der Waals surface area contributed by atoms with Crippen molar-refractivity contribution in [3.63, 3.8) is 0 Å². The van der Waals surface area contributed by atoms with Crippen molar-refractivity contribution in [2.75, 3.05) is 0 Å². The molecule has 2 rings (SSSR count). The monoisotopic (exact) mass is 292 g/mol. The van der Waals surface area contributed by atoms with E-state index in [0.717, 1.165) is 21.5 Å². The Balaban J connectivity index is 2.17. The van der Waals surface area contributed by atoms with Crippen LogP contribution in [-0.4, -0.2) is 5.11 Å². The van der Waals surface area contributed by atoms with E-state index in [1.54, 1.807) is 6.92 Å². The summed E-state index contributed by atoms with van der Waals surface area (Å²) in [6, 6.07) is 15.1. The van der Waals surface area contributed by atoms with Crippen LogP contribution in [-0.2, 0) is 0 Å². The number of aliphatic hydroxyl groups is 1. The number of hydrogen-bond donors (Lipinski definition) is 1. The van der Waals surface area contributed by atoms with Gasteiger partial charge in [0, 0.05) is 0 Å². The number of para-hydroxylation sites is 1. The second-order valence-electron chi connectivity index (χ2n) is 3.78. The van der Waals surface area contributed by atoms with Gasteiger partial charge in [-0.15, -0.1) is 0 Å². The summed E-state index contributed by atoms with van der Waals surface area (Å²) >= 11 is 3.43. The van der Waals surface area contributed by atoms with Crippen molar-refractivity contribution >= 4 is 15.9 Å². The van der Waals surface area contributed by atoms with Crippen molar-refractivity contribution in [1.82, 2.24) is 0 Å². The minimum atomic E-state index is -0.451. The maximum absolute atomic E-state index is 9.40. The van der Waals surface area contributed by atoms with Crippen molar-refractivity contribution < 1.29 is 9.84 Å². The Bertz CT molecular complexity index is 492. The molecule has 17 heavy (non-hydrogen) atoms. The Morgan fingerprint density at radius 2 is 1.71 bits per heavy atom. The maximum atomic E-state index is 9.40. The SMILES string of the molecule is CC(O)c1ccc(Oc2ccccc2Br)cc1. The summed E-state index contributed by atoms with van der Waals surface area (Å²) in [5, 5.41) is 9.40. The molecule has 2 nitrogen and oxygen atoms in total. The van der Waals surface area contributed by atoms with Crippen molar-refractivity contribution in [3.8, 4) is 11.5 Å². The van der Waals surface area contributed by atoms with E-state index in [1.165, 1.54) is 0 Å². The van der Waals surface area contributed by atoms with Crippen LogP contribution in [0.25, 0.3) is 0 Å². The Labute approximate surface area is 109 Å². The van der Waals surface area contributed by atoms with Crippen LogP contribution in [0.1, 0.15) is 18.6 Å². The van der Waals surface area contributed by atoms with E-state index in [0.29, 0.717) is 0 Å². The molecule has 0 saturated carbocycles. The largest absolute Gasteiger partial charge is 0.456 e. The smallest absolute Gasteiger partial charge is 0.141 e. The Morgan fingerprint density at radius 1 is 1.06 bits per heavy atom. The van der Waals surface area contributed by atoms with Gasteiger partial charge in [0.25, 0.3) is 0 Å². The lowest BCUT2D eigenvalue weighted by Gasteiger charge is -2.09. The van der Waals surface area contributed by atoms with E-state index < -0.39 is 6.10 Å². The van der Waals surface area contributed by atoms with Crippen molar-refractivity contribution in [1.29, 1.82) is 0 Å². The zero-order chi connectivity index (χ0) is 12.3. The summed E-state index contributed by atoms with van der Waals surface area (Å²) in [4.78, 5) is 0. The molecular weight excluding hydrogens is 280 g/mol. The Morgan fingerprint density at radius 3 is 2.29 bits per heavy atom. The molecule has 1 unspecified atom stereocenters. The maximum Gasteiger partial charge on any atom is 0.141 e. The van der Waals surface area contributed by atoms with Crippen LogP contribution in [0.2, 0.25) is 0 Å². The summed E-state index contributed by atoms with van der Waals surface area (Å²) < 4.78 is 6.63. The molecule has 0 amide bonds. The van der Waals surface area contributed by atoms with Gasteiger partial charge in [-0.2, -0.15) is 0 Å². The molecule has 1 atom stereocenters. The molecule has 3 heteroatoms. The van der Waals surface area contributed by atoms with Crippen LogP contribution >= 0.6 is 15.9 Å². The van der Waals surface area contributed by atoms with Crippen molar-refractivity contribution in [2.45, 2.75) is 13.0 Å². The molecule has 0 fully saturated rings. The fraction of sp³-hybridized carbons (Fsp3) is 0.143. The van der Waals surface area contributed by atoms with E-state index in [-0.39, 0.29) is 0 Å². The van der Waals surface area contributed by atoms with Gasteiger partial charge in [0.15, 0.2) is 0 Å². The lowest BCUT2D eigenvalue weighted by molar-refractivity contribution is 0.199. The number of rotatable bonds is 3. The normalized spacial score (nSPS) is 12.2. The number of halogens is 1. The zero-order valence-corrected chi connectivity index (χ0v) is 11.0. The van der Waals surface area contributed by atoms with Gasteiger partial charge in [0.1, 0.15) is 11.5 Å². The Hall–Kier alpha value is -1.32. The highest BCUT2D eigenvalue weighted by Gasteiger charge is 2.03. The van der Waals surface area contributed by atoms with E-state index in [4.69, 9.17) is 4.74 Å². The summed E-state index contributed by atoms with van der Waals surface area (Å²) in [7, 11) is 0. The zero-order valence-electron chi connectivity index (χ0n) is 9.43. The molecule has 0 bridgehead atoms. The first-order valence-electron chi connectivity index (χ1n) is 5.37. The molecule has 0 saturated heterocycles. The van der Waals surface area contributed by atoms with Gasteiger partial charge in [-0.1, -0.05) is 24.3 Å². The minimum absolute atomic E-state index is 0.451. The van der Waals surface area contributed by atoms with E-state index >= 15 is 0 Å². The van der Waals surface area contributed by atoms with Crippen molar-refractivity contribution in [3.05, 3.63) is 58.6 Å². The summed E-state index contributed by atoms with van der Waals surface area (Å²) in [5.41, 5.74) is 0.879. The molecule has 0 aliphatic rings. The molecule has 2 aromatic rings. The van der Waals surface area contributed by atoms with Gasteiger partial charge in [-0.3, -0.25) is 0 Å². The molecule has 0 aliphatic heterocycles. The molecule has 0 spiro atoms. The van der Waals surface area contributed by atoms with Gasteiger partial charge < -0.3 is 9.84 Å². The predicted molar refractivity (Wildman–Crippen MR) is 71.3 cm³/mol. The van der Waals surface area contributed by atoms with Crippen LogP contribution in [0, 0.1) is 0 Å². The number of hydrogen-bond acceptors (Lipinski definition) is 2. The average molecular weight is 293 g/mol. The Kier molecular flexibility index (Phi) is 3.82. The summed E-state index contributed by atoms with van der Waals surface area (Å²) in [6.45, 7) is 1.74. The van der Waals surface area contributed by atoms with Crippen LogP contribution in [0.3, 0.4) is 0 Å². The summed E-state index contributed by atoms with van der Waals surface area (Å²) in [5.74, 6) is 1.53. The number of benzene rings is 2. The van der Waals surface area contributed by atoms with Crippen LogP contribution in [0.15, 0.2) is 53.0 Å². The molecule has 0 radical (unpaired) electrons. The van der Waals surface area contributed by atoms with E-state index in [1.807, 2.05) is 48.5 Å². The topological polar surface area (TPSA) is 29.5 Å². The molecule has 0 heterocycles. The number of aliphatic hydroxyl groups excluding tert-OH is 1. The highest BCUT2D eigenvalue weighted by Crippen LogP contribution is 2.29. The third-order valence-electron chi connectivity index (χ3n) is 2.43. The number of ether oxygens (including phenoxy) is 1. The van der Waals surface area contributed by atoms with Gasteiger partial charge in [0.05, 0.1) is 10.6 Å². The lowest BCUT2D eigenvalue weighted by atomic mass is 10.1. The highest BCUT2D eigenvalue weighted by molar-refractivity contribution is 9.10. The second kappa shape index (κ2) is 5.34. The predicted octanol–water partition coefficient (Wildman–Crippen LogP) is 4.29. The van der Waals surface area contributed by atoms with Gasteiger partial charge in [-0.25, -0.2) is 0 Å². The average Bonchev–Trinajstić information content (AvgIpc) is 2.33. The highest BCUT2D eigenvalue weighted by atomic mass is 79.9. The summed E-state index contributed by atoms with van der Waals surface area (Å²) in [6.07, 6.45) is -0.451. The fourth-order valence-electron chi connectivity index (χ4n) is 1.47. The van der Waals surface area contributed by atoms with Gasteiger partial charge in [-0.05, 0) is 52.7 Å². The van der Waals surface area contributed by atoms with Gasteiger partial charge >= 0.3 is 0 Å².